The standard InChI is InChI=1S/C16H15N3O3/c1-3-19-9-12(16(21)22)15(20)11-5-4-10(8-14(11)19)13-6-7-18(2)17-13/h4-9H,3H2,1-2H3,(H,21,22). The quantitative estimate of drug-likeness (QED) is 0.803. The second-order valence-electron chi connectivity index (χ2n) is 5.07. The molecule has 0 aliphatic rings. The van der Waals surface area contributed by atoms with Crippen molar-refractivity contribution in [1.29, 1.82) is 0 Å². The number of hydrogen-bond acceptors (Lipinski definition) is 3. The number of fused-ring (bicyclic) bond motifs is 1. The lowest BCUT2D eigenvalue weighted by Gasteiger charge is -2.11. The number of aromatic carboxylic acids is 1. The summed E-state index contributed by atoms with van der Waals surface area (Å²) in [6, 6.07) is 7.22. The molecular formula is C16H15N3O3. The van der Waals surface area contributed by atoms with Crippen molar-refractivity contribution >= 4 is 16.9 Å². The van der Waals surface area contributed by atoms with Gasteiger partial charge >= 0.3 is 5.97 Å². The summed E-state index contributed by atoms with van der Waals surface area (Å²) < 4.78 is 3.48. The third kappa shape index (κ3) is 2.18. The van der Waals surface area contributed by atoms with Gasteiger partial charge in [0, 0.05) is 36.9 Å². The lowest BCUT2D eigenvalue weighted by molar-refractivity contribution is 0.0695. The average molecular weight is 297 g/mol. The summed E-state index contributed by atoms with van der Waals surface area (Å²) in [6.45, 7) is 2.48. The molecule has 3 aromatic rings. The maximum atomic E-state index is 12.3. The second kappa shape index (κ2) is 5.14. The number of nitrogens with zero attached hydrogens (tertiary/aromatic N) is 3. The van der Waals surface area contributed by atoms with Crippen LogP contribution in [0.5, 0.6) is 0 Å². The Morgan fingerprint density at radius 2 is 2.09 bits per heavy atom. The van der Waals surface area contributed by atoms with E-state index in [-0.39, 0.29) is 5.56 Å². The summed E-state index contributed by atoms with van der Waals surface area (Å²) in [5, 5.41) is 13.9. The summed E-state index contributed by atoms with van der Waals surface area (Å²) in [4.78, 5) is 23.5. The van der Waals surface area contributed by atoms with Gasteiger partial charge in [0.25, 0.3) is 0 Å². The molecule has 0 saturated heterocycles. The van der Waals surface area contributed by atoms with Crippen LogP contribution in [0.4, 0.5) is 0 Å². The first-order valence-corrected chi connectivity index (χ1v) is 6.91. The molecule has 0 aliphatic carbocycles. The first-order valence-electron chi connectivity index (χ1n) is 6.91. The van der Waals surface area contributed by atoms with E-state index in [1.54, 1.807) is 21.4 Å². The van der Waals surface area contributed by atoms with E-state index in [9.17, 15) is 9.59 Å². The van der Waals surface area contributed by atoms with Crippen LogP contribution < -0.4 is 5.43 Å². The molecule has 0 radical (unpaired) electrons. The Morgan fingerprint density at radius 1 is 1.32 bits per heavy atom. The van der Waals surface area contributed by atoms with Crippen LogP contribution in [0, 0.1) is 0 Å². The number of hydrogen-bond donors (Lipinski definition) is 1. The molecule has 3 rings (SSSR count). The van der Waals surface area contributed by atoms with Crippen LogP contribution in [0.3, 0.4) is 0 Å². The fourth-order valence-corrected chi connectivity index (χ4v) is 2.53. The van der Waals surface area contributed by atoms with Gasteiger partial charge in [0.15, 0.2) is 0 Å². The largest absolute Gasteiger partial charge is 0.477 e. The van der Waals surface area contributed by atoms with Crippen LogP contribution in [-0.2, 0) is 13.6 Å². The first kappa shape index (κ1) is 14.1. The van der Waals surface area contributed by atoms with Gasteiger partial charge in [-0.25, -0.2) is 4.79 Å². The highest BCUT2D eigenvalue weighted by Gasteiger charge is 2.15. The monoisotopic (exact) mass is 297 g/mol. The predicted octanol–water partition coefficient (Wildman–Crippen LogP) is 2.12. The smallest absolute Gasteiger partial charge is 0.341 e. The van der Waals surface area contributed by atoms with Crippen molar-refractivity contribution in [2.75, 3.05) is 0 Å². The van der Waals surface area contributed by atoms with Crippen molar-refractivity contribution in [1.82, 2.24) is 14.3 Å². The lowest BCUT2D eigenvalue weighted by atomic mass is 10.1. The van der Waals surface area contributed by atoms with Crippen LogP contribution in [0.2, 0.25) is 0 Å². The summed E-state index contributed by atoms with van der Waals surface area (Å²) in [5.74, 6) is -1.21. The molecule has 2 aromatic heterocycles. The molecule has 6 nitrogen and oxygen atoms in total. The molecule has 0 atom stereocenters. The minimum absolute atomic E-state index is 0.208. The third-order valence-corrected chi connectivity index (χ3v) is 3.66. The molecule has 1 N–H and O–H groups in total. The molecule has 0 bridgehead atoms. The average Bonchev–Trinajstić information content (AvgIpc) is 2.93. The van der Waals surface area contributed by atoms with Crippen LogP contribution in [0.15, 0.2) is 41.5 Å². The van der Waals surface area contributed by atoms with Crippen molar-refractivity contribution in [2.24, 2.45) is 7.05 Å². The Bertz CT molecular complexity index is 937. The number of carboxylic acids is 1. The summed E-state index contributed by atoms with van der Waals surface area (Å²) >= 11 is 0. The minimum Gasteiger partial charge on any atom is -0.477 e. The predicted molar refractivity (Wildman–Crippen MR) is 83.0 cm³/mol. The van der Waals surface area contributed by atoms with Crippen molar-refractivity contribution in [2.45, 2.75) is 13.5 Å². The molecule has 0 unspecified atom stereocenters. The molecule has 1 aromatic carbocycles. The van der Waals surface area contributed by atoms with E-state index < -0.39 is 11.4 Å². The van der Waals surface area contributed by atoms with Crippen LogP contribution in [0.1, 0.15) is 17.3 Å². The lowest BCUT2D eigenvalue weighted by Crippen LogP contribution is -2.18. The van der Waals surface area contributed by atoms with E-state index in [0.717, 1.165) is 11.3 Å². The topological polar surface area (TPSA) is 77.1 Å². The Hall–Kier alpha value is -2.89. The van der Waals surface area contributed by atoms with Gasteiger partial charge in [-0.1, -0.05) is 6.07 Å². The van der Waals surface area contributed by atoms with E-state index in [1.165, 1.54) is 6.20 Å². The van der Waals surface area contributed by atoms with Gasteiger partial charge in [-0.15, -0.1) is 0 Å². The summed E-state index contributed by atoms with van der Waals surface area (Å²) in [5.41, 5.74) is 1.74. The second-order valence-corrected chi connectivity index (χ2v) is 5.07. The molecule has 0 fully saturated rings. The number of benzene rings is 1. The molecule has 2 heterocycles. The Balaban J connectivity index is 2.30. The zero-order chi connectivity index (χ0) is 15.9. The fraction of sp³-hybridized carbons (Fsp3) is 0.188. The van der Waals surface area contributed by atoms with Crippen molar-refractivity contribution < 1.29 is 9.90 Å². The van der Waals surface area contributed by atoms with Crippen LogP contribution >= 0.6 is 0 Å². The number of pyridine rings is 1. The van der Waals surface area contributed by atoms with Gasteiger partial charge in [-0.05, 0) is 25.1 Å². The van der Waals surface area contributed by atoms with Crippen LogP contribution in [0.25, 0.3) is 22.2 Å². The molecule has 0 spiro atoms. The van der Waals surface area contributed by atoms with E-state index in [0.29, 0.717) is 17.4 Å². The fourth-order valence-electron chi connectivity index (χ4n) is 2.53. The Morgan fingerprint density at radius 3 is 2.68 bits per heavy atom. The molecule has 0 amide bonds. The molecule has 22 heavy (non-hydrogen) atoms. The Labute approximate surface area is 126 Å². The van der Waals surface area contributed by atoms with Gasteiger partial charge in [-0.3, -0.25) is 9.48 Å². The van der Waals surface area contributed by atoms with Gasteiger partial charge in [0.1, 0.15) is 5.56 Å². The highest BCUT2D eigenvalue weighted by atomic mass is 16.4. The number of aromatic nitrogens is 3. The molecule has 0 aliphatic heterocycles. The molecule has 0 saturated carbocycles. The SMILES string of the molecule is CCn1cc(C(=O)O)c(=O)c2ccc(-c3ccn(C)n3)cc21. The zero-order valence-electron chi connectivity index (χ0n) is 12.3. The maximum Gasteiger partial charge on any atom is 0.341 e. The number of rotatable bonds is 3. The third-order valence-electron chi connectivity index (χ3n) is 3.66. The molecular weight excluding hydrogens is 282 g/mol. The zero-order valence-corrected chi connectivity index (χ0v) is 12.3. The van der Waals surface area contributed by atoms with Gasteiger partial charge < -0.3 is 9.67 Å². The first-order chi connectivity index (χ1) is 10.5. The van der Waals surface area contributed by atoms with Gasteiger partial charge in [0.05, 0.1) is 11.2 Å². The highest BCUT2D eigenvalue weighted by Crippen LogP contribution is 2.22. The van der Waals surface area contributed by atoms with Crippen molar-refractivity contribution in [3.05, 3.63) is 52.4 Å². The highest BCUT2D eigenvalue weighted by molar-refractivity contribution is 5.93. The van der Waals surface area contributed by atoms with Crippen molar-refractivity contribution in [3.8, 4) is 11.3 Å². The van der Waals surface area contributed by atoms with E-state index in [1.807, 2.05) is 32.3 Å². The van der Waals surface area contributed by atoms with E-state index in [2.05, 4.69) is 5.10 Å². The van der Waals surface area contributed by atoms with Crippen LogP contribution in [-0.4, -0.2) is 25.4 Å². The van der Waals surface area contributed by atoms with E-state index >= 15 is 0 Å². The maximum absolute atomic E-state index is 12.3. The summed E-state index contributed by atoms with van der Waals surface area (Å²) in [6.07, 6.45) is 3.25. The number of carbonyl (C=O) groups is 1. The number of carboxylic acid groups (broad SMARTS) is 1. The van der Waals surface area contributed by atoms with Gasteiger partial charge in [-0.2, -0.15) is 5.10 Å². The Kier molecular flexibility index (Phi) is 3.29. The normalized spacial score (nSPS) is 11.0. The van der Waals surface area contributed by atoms with Gasteiger partial charge in [0.2, 0.25) is 5.43 Å². The molecule has 6 heteroatoms. The van der Waals surface area contributed by atoms with Crippen molar-refractivity contribution in [3.63, 3.8) is 0 Å². The summed E-state index contributed by atoms with van der Waals surface area (Å²) in [7, 11) is 1.84. The number of aryl methyl sites for hydroxylation is 2. The minimum atomic E-state index is -1.21. The van der Waals surface area contributed by atoms with E-state index in [4.69, 9.17) is 5.11 Å². The molecule has 112 valence electrons.